The quantitative estimate of drug-likeness (QED) is 0.0329. The molecule has 2 heterocycles. The Morgan fingerprint density at radius 1 is 0.520 bits per heavy atom. The van der Waals surface area contributed by atoms with Crippen molar-refractivity contribution in [3.63, 3.8) is 0 Å². The van der Waals surface area contributed by atoms with Gasteiger partial charge in [0.2, 0.25) is 11.8 Å². The summed E-state index contributed by atoms with van der Waals surface area (Å²) in [6.45, 7) is 4.41. The summed E-state index contributed by atoms with van der Waals surface area (Å²) in [4.78, 5) is 25.6. The molecule has 0 amide bonds. The monoisotopic (exact) mass is 714 g/mol. The van der Waals surface area contributed by atoms with E-state index in [4.69, 9.17) is 18.3 Å². The second-order valence-electron chi connectivity index (χ2n) is 11.7. The van der Waals surface area contributed by atoms with E-state index in [0.717, 1.165) is 35.5 Å². The fraction of sp³-hybridized carbons (Fsp3) is 0.368. The first-order valence-electron chi connectivity index (χ1n) is 17.2. The highest BCUT2D eigenvalue weighted by molar-refractivity contribution is 7.99. The zero-order chi connectivity index (χ0) is 35.0. The maximum absolute atomic E-state index is 12.8. The van der Waals surface area contributed by atoms with E-state index in [0.29, 0.717) is 33.7 Å². The lowest BCUT2D eigenvalue weighted by Crippen LogP contribution is -2.11. The lowest BCUT2D eigenvalue weighted by molar-refractivity contribution is 0.0720. The molecule has 0 aliphatic heterocycles. The predicted molar refractivity (Wildman–Crippen MR) is 195 cm³/mol. The minimum atomic E-state index is -0.557. The number of rotatable bonds is 20. The van der Waals surface area contributed by atoms with E-state index in [2.05, 4.69) is 34.2 Å². The summed E-state index contributed by atoms with van der Waals surface area (Å²) >= 11 is 3.13. The van der Waals surface area contributed by atoms with Gasteiger partial charge in [0.15, 0.2) is 0 Å². The van der Waals surface area contributed by atoms with Gasteiger partial charge in [0.1, 0.15) is 11.5 Å². The van der Waals surface area contributed by atoms with E-state index in [9.17, 15) is 9.59 Å². The van der Waals surface area contributed by atoms with Crippen molar-refractivity contribution in [1.29, 1.82) is 0 Å². The molecule has 5 aromatic rings. The van der Waals surface area contributed by atoms with E-state index in [1.54, 1.807) is 72.1 Å². The molecular weight excluding hydrogens is 673 g/mol. The van der Waals surface area contributed by atoms with E-state index in [1.807, 2.05) is 0 Å². The Morgan fingerprint density at radius 3 is 1.28 bits per heavy atom. The van der Waals surface area contributed by atoms with Crippen LogP contribution in [-0.2, 0) is 0 Å². The summed E-state index contributed by atoms with van der Waals surface area (Å²) in [7, 11) is 0. The molecule has 0 bridgehead atoms. The first-order chi connectivity index (χ1) is 24.5. The van der Waals surface area contributed by atoms with Crippen LogP contribution in [0.15, 0.2) is 92.1 Å². The number of hydrogen-bond donors (Lipinski definition) is 0. The van der Waals surface area contributed by atoms with Crippen molar-refractivity contribution < 1.29 is 27.9 Å². The molecule has 262 valence electrons. The number of aromatic nitrogens is 4. The van der Waals surface area contributed by atoms with Gasteiger partial charge in [-0.3, -0.25) is 0 Å². The Labute approximate surface area is 301 Å². The van der Waals surface area contributed by atoms with Gasteiger partial charge in [-0.1, -0.05) is 88.7 Å². The highest BCUT2D eigenvalue weighted by Gasteiger charge is 2.15. The molecule has 0 unspecified atom stereocenters. The van der Waals surface area contributed by atoms with Crippen molar-refractivity contribution in [3.8, 4) is 34.4 Å². The average molecular weight is 715 g/mol. The van der Waals surface area contributed by atoms with Gasteiger partial charge in [0.05, 0.1) is 11.1 Å². The first-order valence-corrected chi connectivity index (χ1v) is 19.2. The fourth-order valence-electron chi connectivity index (χ4n) is 4.91. The van der Waals surface area contributed by atoms with Gasteiger partial charge in [-0.25, -0.2) is 9.59 Å². The minimum Gasteiger partial charge on any atom is -0.423 e. The summed E-state index contributed by atoms with van der Waals surface area (Å²) in [6.07, 6.45) is 12.2. The minimum absolute atomic E-state index is 0.289. The van der Waals surface area contributed by atoms with Crippen LogP contribution in [-0.4, -0.2) is 43.8 Å². The average Bonchev–Trinajstić information content (AvgIpc) is 3.82. The molecule has 10 nitrogen and oxygen atoms in total. The van der Waals surface area contributed by atoms with Crippen molar-refractivity contribution in [2.45, 2.75) is 88.5 Å². The van der Waals surface area contributed by atoms with Crippen LogP contribution in [0, 0.1) is 0 Å². The topological polar surface area (TPSA) is 130 Å². The van der Waals surface area contributed by atoms with Crippen LogP contribution in [0.1, 0.15) is 98.8 Å². The lowest BCUT2D eigenvalue weighted by atomic mass is 10.1. The van der Waals surface area contributed by atoms with Crippen LogP contribution in [0.5, 0.6) is 11.5 Å². The molecular formula is C38H42N4O6S2. The maximum atomic E-state index is 12.8. The van der Waals surface area contributed by atoms with Gasteiger partial charge in [0.25, 0.3) is 10.4 Å². The molecule has 5 rings (SSSR count). The predicted octanol–water partition coefficient (Wildman–Crippen LogP) is 10.3. The molecule has 0 N–H and O–H groups in total. The molecule has 0 spiro atoms. The third kappa shape index (κ3) is 11.3. The van der Waals surface area contributed by atoms with Gasteiger partial charge in [-0.2, -0.15) is 0 Å². The Bertz CT molecular complexity index is 1640. The highest BCUT2D eigenvalue weighted by Crippen LogP contribution is 2.28. The van der Waals surface area contributed by atoms with E-state index in [-0.39, 0.29) is 11.1 Å². The molecule has 12 heteroatoms. The lowest BCUT2D eigenvalue weighted by Gasteiger charge is -2.07. The van der Waals surface area contributed by atoms with E-state index in [1.165, 1.54) is 75.6 Å². The second-order valence-corrected chi connectivity index (χ2v) is 13.8. The molecule has 0 atom stereocenters. The van der Waals surface area contributed by atoms with Crippen molar-refractivity contribution in [1.82, 2.24) is 20.4 Å². The number of benzene rings is 3. The number of nitrogens with zero attached hydrogens (tertiary/aromatic N) is 4. The molecule has 50 heavy (non-hydrogen) atoms. The van der Waals surface area contributed by atoms with Crippen LogP contribution in [0.2, 0.25) is 0 Å². The fourth-order valence-corrected chi connectivity index (χ4v) is 6.42. The number of carbonyl (C=O) groups is 2. The van der Waals surface area contributed by atoms with Gasteiger partial charge >= 0.3 is 11.9 Å². The van der Waals surface area contributed by atoms with Crippen LogP contribution in [0.4, 0.5) is 0 Å². The zero-order valence-corrected chi connectivity index (χ0v) is 30.1. The summed E-state index contributed by atoms with van der Waals surface area (Å²) < 4.78 is 22.6. The first kappa shape index (κ1) is 36.9. The third-order valence-electron chi connectivity index (χ3n) is 7.74. The number of thioether (sulfide) groups is 2. The summed E-state index contributed by atoms with van der Waals surface area (Å²) in [5.41, 5.74) is 2.03. The van der Waals surface area contributed by atoms with Gasteiger partial charge in [0, 0.05) is 22.6 Å². The normalized spacial score (nSPS) is 11.1. The number of esters is 2. The van der Waals surface area contributed by atoms with E-state index < -0.39 is 11.9 Å². The number of hydrogen-bond acceptors (Lipinski definition) is 12. The van der Waals surface area contributed by atoms with Crippen LogP contribution < -0.4 is 9.47 Å². The summed E-state index contributed by atoms with van der Waals surface area (Å²) in [6, 6.07) is 19.8. The maximum Gasteiger partial charge on any atom is 0.343 e. The van der Waals surface area contributed by atoms with E-state index >= 15 is 0 Å². The number of carbonyl (C=O) groups excluding carboxylic acids is 2. The van der Waals surface area contributed by atoms with Crippen molar-refractivity contribution in [2.75, 3.05) is 11.5 Å². The Balaban J connectivity index is 1.06. The third-order valence-corrected chi connectivity index (χ3v) is 9.55. The van der Waals surface area contributed by atoms with Crippen LogP contribution >= 0.6 is 23.5 Å². The van der Waals surface area contributed by atoms with Gasteiger partial charge in [-0.15, -0.1) is 20.4 Å². The van der Waals surface area contributed by atoms with Crippen molar-refractivity contribution in [3.05, 3.63) is 83.9 Å². The highest BCUT2D eigenvalue weighted by atomic mass is 32.2. The largest absolute Gasteiger partial charge is 0.423 e. The summed E-state index contributed by atoms with van der Waals surface area (Å²) in [5, 5.41) is 17.6. The van der Waals surface area contributed by atoms with Gasteiger partial charge < -0.3 is 18.3 Å². The molecule has 0 saturated heterocycles. The standard InChI is InChI=1S/C38H42N4O6S2/c1-3-5-7-9-11-25-49-37-41-39-33(47-37)27-17-21-31(22-18-27)45-35(43)29-13-15-30(16-14-29)36(44)46-32-23-19-28(20-24-32)34-40-42-38(48-34)50-26-12-10-8-6-4-2/h13-24H,3-12,25-26H2,1-2H3. The summed E-state index contributed by atoms with van der Waals surface area (Å²) in [5.74, 6) is 2.32. The molecule has 0 radical (unpaired) electrons. The molecule has 0 aliphatic rings. The molecule has 2 aromatic heterocycles. The van der Waals surface area contributed by atoms with Crippen LogP contribution in [0.25, 0.3) is 22.9 Å². The van der Waals surface area contributed by atoms with Gasteiger partial charge in [-0.05, 0) is 85.6 Å². The van der Waals surface area contributed by atoms with Crippen LogP contribution in [0.3, 0.4) is 0 Å². The SMILES string of the molecule is CCCCCCCSc1nnc(-c2ccc(OC(=O)c3ccc(C(=O)Oc4ccc(-c5nnc(SCCCCCCC)o5)cc4)cc3)cc2)o1. The molecule has 0 aliphatic carbocycles. The molecule has 3 aromatic carbocycles. The smallest absolute Gasteiger partial charge is 0.343 e. The zero-order valence-electron chi connectivity index (χ0n) is 28.5. The second kappa shape index (κ2) is 19.7. The van der Waals surface area contributed by atoms with Crippen molar-refractivity contribution >= 4 is 35.5 Å². The Hall–Kier alpha value is -4.42. The number of ether oxygens (including phenoxy) is 2. The number of unbranched alkanes of at least 4 members (excludes halogenated alkanes) is 8. The Morgan fingerprint density at radius 2 is 0.900 bits per heavy atom. The molecule has 0 saturated carbocycles. The Kier molecular flexibility index (Phi) is 14.5. The van der Waals surface area contributed by atoms with Crippen molar-refractivity contribution in [2.24, 2.45) is 0 Å². The molecule has 0 fully saturated rings.